The molecule has 122 valence electrons. The van der Waals surface area contributed by atoms with Crippen LogP contribution in [0.4, 0.5) is 0 Å². The topological polar surface area (TPSA) is 59.1 Å². The fourth-order valence-electron chi connectivity index (χ4n) is 2.59. The van der Waals surface area contributed by atoms with Crippen LogP contribution in [-0.4, -0.2) is 64.9 Å². The number of nitrogens with zero attached hydrogens (tertiary/aromatic N) is 2. The normalized spacial score (nSPS) is 22.8. The maximum atomic E-state index is 11.9. The van der Waals surface area contributed by atoms with Gasteiger partial charge < -0.3 is 0 Å². The van der Waals surface area contributed by atoms with E-state index in [4.69, 9.17) is 6.13 Å². The van der Waals surface area contributed by atoms with Crippen LogP contribution in [-0.2, 0) is 15.7 Å². The zero-order valence-corrected chi connectivity index (χ0v) is 16.2. The molecule has 2 rings (SSSR count). The molecule has 0 spiro atoms. The molecule has 1 atom stereocenters. The molecule has 2 fully saturated rings. The number of hydrogen-bond acceptors (Lipinski definition) is 4. The Morgan fingerprint density at radius 1 is 1.05 bits per heavy atom. The molecule has 21 heavy (non-hydrogen) atoms. The van der Waals surface area contributed by atoms with Crippen molar-refractivity contribution in [2.75, 3.05) is 39.4 Å². The third kappa shape index (κ3) is 5.79. The summed E-state index contributed by atoms with van der Waals surface area (Å²) < 4.78 is 11.0. The molecule has 2 aliphatic rings. The van der Waals surface area contributed by atoms with Gasteiger partial charge in [0.1, 0.15) is 0 Å². The van der Waals surface area contributed by atoms with E-state index in [-0.39, 0.29) is 25.0 Å². The fourth-order valence-corrected chi connectivity index (χ4v) is 5.14. The van der Waals surface area contributed by atoms with E-state index in [1.807, 2.05) is 9.80 Å². The van der Waals surface area contributed by atoms with Gasteiger partial charge in [0.2, 0.25) is 0 Å². The Hall–Kier alpha value is 0.320. The Labute approximate surface area is 150 Å². The summed E-state index contributed by atoms with van der Waals surface area (Å²) in [6, 6.07) is 0. The van der Waals surface area contributed by atoms with Gasteiger partial charge in [-0.05, 0) is 0 Å². The molecule has 0 aliphatic carbocycles. The Kier molecular flexibility index (Phi) is 7.96. The molecule has 0 radical (unpaired) electrons. The number of carbonyl (C=O) groups is 2. The van der Waals surface area contributed by atoms with Crippen LogP contribution in [0.15, 0.2) is 0 Å². The minimum atomic E-state index is -0.492. The van der Waals surface area contributed by atoms with Crippen LogP contribution in [0, 0.1) is 0 Å². The van der Waals surface area contributed by atoms with Gasteiger partial charge in [0.25, 0.3) is 0 Å². The van der Waals surface area contributed by atoms with E-state index >= 15 is 0 Å². The minimum absolute atomic E-state index is 0.0475. The van der Waals surface area contributed by atoms with E-state index < -0.39 is 21.6 Å². The van der Waals surface area contributed by atoms with E-state index in [0.717, 1.165) is 51.9 Å². The van der Waals surface area contributed by atoms with Crippen molar-refractivity contribution in [3.05, 3.63) is 0 Å². The number of halogens is 2. The molecule has 0 aromatic carbocycles. The van der Waals surface area contributed by atoms with Gasteiger partial charge in [-0.3, -0.25) is 0 Å². The third-order valence-electron chi connectivity index (χ3n) is 3.72. The Bertz CT molecular complexity index is 364. The second-order valence-electron chi connectivity index (χ2n) is 5.26. The van der Waals surface area contributed by atoms with Crippen molar-refractivity contribution < 1.29 is 37.3 Å². The summed E-state index contributed by atoms with van der Waals surface area (Å²) in [5.74, 6) is 0.167. The first-order valence-electron chi connectivity index (χ1n) is 7.25. The zero-order chi connectivity index (χ0) is 15.1. The van der Waals surface area contributed by atoms with Crippen molar-refractivity contribution in [2.24, 2.45) is 0 Å². The number of amides is 2. The molecule has 0 aromatic heterocycles. The van der Waals surface area contributed by atoms with E-state index in [9.17, 15) is 9.59 Å². The van der Waals surface area contributed by atoms with Crippen molar-refractivity contribution in [3.63, 3.8) is 0 Å². The molecule has 2 aliphatic heterocycles. The van der Waals surface area contributed by atoms with Crippen LogP contribution >= 0.6 is 23.0 Å². The number of piperidine rings is 1. The Morgan fingerprint density at radius 2 is 1.71 bits per heavy atom. The molecule has 0 aromatic rings. The first kappa shape index (κ1) is 17.7. The van der Waals surface area contributed by atoms with Crippen molar-refractivity contribution in [3.8, 4) is 0 Å². The van der Waals surface area contributed by atoms with Crippen molar-refractivity contribution in [1.82, 2.24) is 9.80 Å². The van der Waals surface area contributed by atoms with Crippen LogP contribution in [0.2, 0.25) is 0 Å². The Balaban J connectivity index is 1.65. The van der Waals surface area contributed by atoms with Gasteiger partial charge in [0, 0.05) is 0 Å². The third-order valence-corrected chi connectivity index (χ3v) is 6.44. The summed E-state index contributed by atoms with van der Waals surface area (Å²) in [6.07, 6.45) is 4.33. The number of likely N-dealkylation sites (tertiary alicyclic amines) is 2. The van der Waals surface area contributed by atoms with Crippen LogP contribution in [0.25, 0.3) is 0 Å². The first-order valence-corrected chi connectivity index (χ1v) is 10.3. The van der Waals surface area contributed by atoms with E-state index in [1.54, 1.807) is 23.0 Å². The average Bonchev–Trinajstić information content (AvgIpc) is 3.02. The maximum absolute atomic E-state index is 11.9. The molecule has 0 saturated carbocycles. The molecule has 2 amide bonds. The van der Waals surface area contributed by atoms with Gasteiger partial charge in [0.05, 0.1) is 0 Å². The van der Waals surface area contributed by atoms with E-state index in [2.05, 4.69) is 0 Å². The molecule has 8 heteroatoms. The zero-order valence-electron chi connectivity index (χ0n) is 11.9. The van der Waals surface area contributed by atoms with Crippen molar-refractivity contribution in [2.45, 2.75) is 29.6 Å². The SMILES string of the molecule is O=C(CO[I-]C1CCCN(C(=O)COI)C1)N1CCCC1. The molecule has 6 nitrogen and oxygen atoms in total. The number of alkyl halides is 1. The average molecular weight is 523 g/mol. The molecule has 2 heterocycles. The number of rotatable bonds is 6. The molecule has 0 bridgehead atoms. The summed E-state index contributed by atoms with van der Waals surface area (Å²) in [6.45, 7) is 3.68. The molecule has 0 N–H and O–H groups in total. The fraction of sp³-hybridized carbons (Fsp3) is 0.846. The second-order valence-corrected chi connectivity index (χ2v) is 8.78. The predicted molar refractivity (Wildman–Crippen MR) is 81.3 cm³/mol. The second kappa shape index (κ2) is 9.46. The van der Waals surface area contributed by atoms with Crippen LogP contribution < -0.4 is 21.6 Å². The summed E-state index contributed by atoms with van der Waals surface area (Å²) in [4.78, 5) is 27.4. The molecule has 1 unspecified atom stereocenters. The van der Waals surface area contributed by atoms with Crippen LogP contribution in [0.5, 0.6) is 0 Å². The monoisotopic (exact) mass is 523 g/mol. The summed E-state index contributed by atoms with van der Waals surface area (Å²) in [5.41, 5.74) is 0. The van der Waals surface area contributed by atoms with Gasteiger partial charge in [0.15, 0.2) is 0 Å². The number of carbonyl (C=O) groups excluding carboxylic acids is 2. The van der Waals surface area contributed by atoms with Gasteiger partial charge >= 0.3 is 151 Å². The van der Waals surface area contributed by atoms with Gasteiger partial charge in [-0.1, -0.05) is 0 Å². The number of hydrogen-bond donors (Lipinski definition) is 0. The molecular formula is C13H21I2N2O4-. The van der Waals surface area contributed by atoms with Gasteiger partial charge in [-0.25, -0.2) is 0 Å². The van der Waals surface area contributed by atoms with E-state index in [0.29, 0.717) is 3.92 Å². The summed E-state index contributed by atoms with van der Waals surface area (Å²) >= 11 is 1.25. The van der Waals surface area contributed by atoms with Gasteiger partial charge in [-0.15, -0.1) is 0 Å². The summed E-state index contributed by atoms with van der Waals surface area (Å²) in [5, 5.41) is 0. The Morgan fingerprint density at radius 3 is 2.43 bits per heavy atom. The predicted octanol–water partition coefficient (Wildman–Crippen LogP) is -2.01. The van der Waals surface area contributed by atoms with Gasteiger partial charge in [-0.2, -0.15) is 0 Å². The van der Waals surface area contributed by atoms with Crippen LogP contribution in [0.3, 0.4) is 0 Å². The molecule has 2 saturated heterocycles. The van der Waals surface area contributed by atoms with Crippen LogP contribution in [0.1, 0.15) is 25.7 Å². The summed E-state index contributed by atoms with van der Waals surface area (Å²) in [7, 11) is 0. The standard InChI is InChI=1S/C13H21I2N2O4/c14-20-9-12(18)17-7-3-4-11(8-17)15-21-10-13(19)16-5-1-2-6-16/h11H,1-10H2/q-1. The van der Waals surface area contributed by atoms with E-state index in [1.165, 1.54) is 0 Å². The quantitative estimate of drug-likeness (QED) is 0.299. The molecular weight excluding hydrogens is 502 g/mol. The first-order chi connectivity index (χ1) is 10.2. The van der Waals surface area contributed by atoms with Crippen molar-refractivity contribution in [1.29, 1.82) is 0 Å². The van der Waals surface area contributed by atoms with Crippen molar-refractivity contribution >= 4 is 34.8 Å².